The molecule has 0 spiro atoms. The van der Waals surface area contributed by atoms with Crippen LogP contribution in [0.1, 0.15) is 37.6 Å². The monoisotopic (exact) mass is 222 g/mol. The molecule has 16 heavy (non-hydrogen) atoms. The van der Waals surface area contributed by atoms with Gasteiger partial charge in [0.25, 0.3) is 5.91 Å². The van der Waals surface area contributed by atoms with Crippen molar-refractivity contribution in [3.8, 4) is 0 Å². The second-order valence-corrected chi connectivity index (χ2v) is 3.79. The van der Waals surface area contributed by atoms with Crippen molar-refractivity contribution in [3.05, 3.63) is 34.2 Å². The second kappa shape index (κ2) is 5.49. The minimum atomic E-state index is -0.192. The van der Waals surface area contributed by atoms with Crippen LogP contribution in [0.15, 0.2) is 23.1 Å². The first-order chi connectivity index (χ1) is 7.60. The number of carbonyl (C=O) groups excluding carboxylic acids is 1. The number of amides is 1. The highest BCUT2D eigenvalue weighted by molar-refractivity contribution is 5.94. The molecule has 0 aliphatic rings. The van der Waals surface area contributed by atoms with Crippen molar-refractivity contribution in [2.75, 3.05) is 6.54 Å². The largest absolute Gasteiger partial charge is 0.336 e. The predicted octanol–water partition coefficient (Wildman–Crippen LogP) is 1.64. The van der Waals surface area contributed by atoms with E-state index in [0.29, 0.717) is 12.1 Å². The van der Waals surface area contributed by atoms with Crippen LogP contribution in [-0.4, -0.2) is 28.4 Å². The van der Waals surface area contributed by atoms with Gasteiger partial charge in [-0.15, -0.1) is 0 Å². The lowest BCUT2D eigenvalue weighted by atomic mass is 10.1. The van der Waals surface area contributed by atoms with Crippen molar-refractivity contribution < 1.29 is 4.79 Å². The standard InChI is InChI=1S/C12H18N2O2/c1-4-9(3)14(5-2)12(16)10-6-7-11(15)13-8-10/h6-9H,4-5H2,1-3H3,(H,13,15). The summed E-state index contributed by atoms with van der Waals surface area (Å²) >= 11 is 0. The summed E-state index contributed by atoms with van der Waals surface area (Å²) in [5, 5.41) is 0. The maximum atomic E-state index is 12.1. The summed E-state index contributed by atoms with van der Waals surface area (Å²) in [6, 6.07) is 3.15. The highest BCUT2D eigenvalue weighted by Crippen LogP contribution is 2.08. The molecular weight excluding hydrogens is 204 g/mol. The number of nitrogens with zero attached hydrogens (tertiary/aromatic N) is 1. The first-order valence-corrected chi connectivity index (χ1v) is 5.59. The number of rotatable bonds is 4. The van der Waals surface area contributed by atoms with E-state index in [9.17, 15) is 9.59 Å². The molecule has 1 unspecified atom stereocenters. The molecule has 0 bridgehead atoms. The zero-order valence-corrected chi connectivity index (χ0v) is 9.99. The van der Waals surface area contributed by atoms with E-state index < -0.39 is 0 Å². The number of hydrogen-bond donors (Lipinski definition) is 1. The lowest BCUT2D eigenvalue weighted by molar-refractivity contribution is 0.0699. The third kappa shape index (κ3) is 2.72. The molecule has 0 aromatic carbocycles. The normalized spacial score (nSPS) is 12.2. The maximum absolute atomic E-state index is 12.1. The van der Waals surface area contributed by atoms with Crippen LogP contribution in [-0.2, 0) is 0 Å². The summed E-state index contributed by atoms with van der Waals surface area (Å²) in [5.74, 6) is -0.0342. The van der Waals surface area contributed by atoms with Gasteiger partial charge in [-0.1, -0.05) is 6.92 Å². The van der Waals surface area contributed by atoms with E-state index >= 15 is 0 Å². The highest BCUT2D eigenvalue weighted by atomic mass is 16.2. The zero-order chi connectivity index (χ0) is 12.1. The van der Waals surface area contributed by atoms with Crippen LogP contribution in [0.4, 0.5) is 0 Å². The summed E-state index contributed by atoms with van der Waals surface area (Å²) in [4.78, 5) is 27.3. The van der Waals surface area contributed by atoms with Gasteiger partial charge in [0.2, 0.25) is 5.56 Å². The Morgan fingerprint density at radius 3 is 2.56 bits per heavy atom. The Balaban J connectivity index is 2.91. The fraction of sp³-hybridized carbons (Fsp3) is 0.500. The molecule has 1 aromatic heterocycles. The van der Waals surface area contributed by atoms with Crippen LogP contribution in [0.3, 0.4) is 0 Å². The molecule has 1 N–H and O–H groups in total. The summed E-state index contributed by atoms with van der Waals surface area (Å²) in [7, 11) is 0. The van der Waals surface area contributed by atoms with Gasteiger partial charge >= 0.3 is 0 Å². The van der Waals surface area contributed by atoms with E-state index in [1.54, 1.807) is 11.0 Å². The molecular formula is C12H18N2O2. The molecule has 1 heterocycles. The van der Waals surface area contributed by atoms with E-state index in [1.807, 2.05) is 20.8 Å². The average Bonchev–Trinajstić information content (AvgIpc) is 2.30. The van der Waals surface area contributed by atoms with Crippen molar-refractivity contribution in [3.63, 3.8) is 0 Å². The van der Waals surface area contributed by atoms with E-state index in [-0.39, 0.29) is 17.5 Å². The number of H-pyrrole nitrogens is 1. The van der Waals surface area contributed by atoms with Crippen molar-refractivity contribution in [1.29, 1.82) is 0 Å². The fourth-order valence-electron chi connectivity index (χ4n) is 1.59. The van der Waals surface area contributed by atoms with Crippen molar-refractivity contribution >= 4 is 5.91 Å². The Morgan fingerprint density at radius 2 is 2.12 bits per heavy atom. The number of pyridine rings is 1. The summed E-state index contributed by atoms with van der Waals surface area (Å²) < 4.78 is 0. The molecule has 88 valence electrons. The lowest BCUT2D eigenvalue weighted by Gasteiger charge is -2.27. The molecule has 1 atom stereocenters. The minimum Gasteiger partial charge on any atom is -0.336 e. The van der Waals surface area contributed by atoms with Gasteiger partial charge < -0.3 is 9.88 Å². The van der Waals surface area contributed by atoms with Gasteiger partial charge in [0, 0.05) is 24.8 Å². The third-order valence-electron chi connectivity index (χ3n) is 2.76. The molecule has 0 saturated heterocycles. The first-order valence-electron chi connectivity index (χ1n) is 5.59. The Morgan fingerprint density at radius 1 is 1.44 bits per heavy atom. The molecule has 0 radical (unpaired) electrons. The molecule has 1 aromatic rings. The van der Waals surface area contributed by atoms with E-state index in [1.165, 1.54) is 12.3 Å². The Labute approximate surface area is 95.3 Å². The summed E-state index contributed by atoms with van der Waals surface area (Å²) in [5.41, 5.74) is 0.338. The summed E-state index contributed by atoms with van der Waals surface area (Å²) in [6.07, 6.45) is 2.39. The van der Waals surface area contributed by atoms with Gasteiger partial charge in [-0.2, -0.15) is 0 Å². The van der Waals surface area contributed by atoms with E-state index in [0.717, 1.165) is 6.42 Å². The van der Waals surface area contributed by atoms with Gasteiger partial charge in [-0.3, -0.25) is 9.59 Å². The Hall–Kier alpha value is -1.58. The first kappa shape index (κ1) is 12.5. The summed E-state index contributed by atoms with van der Waals surface area (Å²) in [6.45, 7) is 6.70. The van der Waals surface area contributed by atoms with Crippen LogP contribution in [0.2, 0.25) is 0 Å². The van der Waals surface area contributed by atoms with Gasteiger partial charge in [0.15, 0.2) is 0 Å². The average molecular weight is 222 g/mol. The smallest absolute Gasteiger partial charge is 0.255 e. The van der Waals surface area contributed by atoms with E-state index in [4.69, 9.17) is 0 Å². The number of nitrogens with one attached hydrogen (secondary N) is 1. The SMILES string of the molecule is CCC(C)N(CC)C(=O)c1ccc(=O)[nH]c1. The molecule has 0 saturated carbocycles. The molecule has 4 heteroatoms. The van der Waals surface area contributed by atoms with Crippen LogP contribution >= 0.6 is 0 Å². The fourth-order valence-corrected chi connectivity index (χ4v) is 1.59. The number of aromatic amines is 1. The van der Waals surface area contributed by atoms with E-state index in [2.05, 4.69) is 4.98 Å². The van der Waals surface area contributed by atoms with Crippen LogP contribution in [0, 0.1) is 0 Å². The van der Waals surface area contributed by atoms with Gasteiger partial charge in [0.05, 0.1) is 5.56 Å². The van der Waals surface area contributed by atoms with Crippen LogP contribution < -0.4 is 5.56 Å². The predicted molar refractivity (Wildman–Crippen MR) is 63.5 cm³/mol. The van der Waals surface area contributed by atoms with Crippen molar-refractivity contribution in [2.24, 2.45) is 0 Å². The molecule has 0 fully saturated rings. The highest BCUT2D eigenvalue weighted by Gasteiger charge is 2.18. The Kier molecular flexibility index (Phi) is 4.28. The quantitative estimate of drug-likeness (QED) is 0.842. The second-order valence-electron chi connectivity index (χ2n) is 3.79. The van der Waals surface area contributed by atoms with Crippen LogP contribution in [0.25, 0.3) is 0 Å². The minimum absolute atomic E-state index is 0.0342. The van der Waals surface area contributed by atoms with Gasteiger partial charge in [-0.25, -0.2) is 0 Å². The molecule has 4 nitrogen and oxygen atoms in total. The van der Waals surface area contributed by atoms with Gasteiger partial charge in [0.1, 0.15) is 0 Å². The number of hydrogen-bond acceptors (Lipinski definition) is 2. The lowest BCUT2D eigenvalue weighted by Crippen LogP contribution is -2.38. The third-order valence-corrected chi connectivity index (χ3v) is 2.76. The number of aromatic nitrogens is 1. The molecule has 1 rings (SSSR count). The molecule has 1 amide bonds. The Bertz CT molecular complexity index is 391. The van der Waals surface area contributed by atoms with Crippen LogP contribution in [0.5, 0.6) is 0 Å². The van der Waals surface area contributed by atoms with Gasteiger partial charge in [-0.05, 0) is 26.3 Å². The van der Waals surface area contributed by atoms with Crippen molar-refractivity contribution in [1.82, 2.24) is 9.88 Å². The topological polar surface area (TPSA) is 53.2 Å². The van der Waals surface area contributed by atoms with Crippen molar-refractivity contribution in [2.45, 2.75) is 33.2 Å². The molecule has 0 aliphatic heterocycles. The molecule has 0 aliphatic carbocycles. The zero-order valence-electron chi connectivity index (χ0n) is 9.99. The maximum Gasteiger partial charge on any atom is 0.255 e. The number of carbonyl (C=O) groups is 1.